The highest BCUT2D eigenvalue weighted by Crippen LogP contribution is 2.39. The molecule has 0 spiro atoms. The Bertz CT molecular complexity index is 3140. The van der Waals surface area contributed by atoms with Gasteiger partial charge >= 0.3 is 24.3 Å². The number of pyridine rings is 1. The number of halogens is 3. The SMILES string of the molecule is CC(C)(C)OC(=O)N1CCC[C@H]1C(=O)O.Cc1cccc(N(C(=O)[C@@H]2CCCN2)C(C)C)c1.Cc1cccc(N(C(=O)[C@@H]2CCCN2C(=O)OC(C)(C)C)C(C)C)c1.Cc1cccc(N(C(=O)[C@@H]2CCCN2c2nc(C)cc(C(F)(F)F)c2C#N)C(C)C)c1. The lowest BCUT2D eigenvalue weighted by Crippen LogP contribution is -2.51. The first kappa shape index (κ1) is 72.0. The van der Waals surface area contributed by atoms with Gasteiger partial charge < -0.3 is 39.5 Å². The van der Waals surface area contributed by atoms with E-state index in [-0.39, 0.29) is 53.4 Å². The van der Waals surface area contributed by atoms with Crippen molar-refractivity contribution in [3.8, 4) is 6.07 Å². The quantitative estimate of drug-likeness (QED) is 0.143. The van der Waals surface area contributed by atoms with E-state index in [9.17, 15) is 47.2 Å². The van der Waals surface area contributed by atoms with Gasteiger partial charge in [-0.25, -0.2) is 19.4 Å². The second-order valence-electron chi connectivity index (χ2n) is 26.0. The third kappa shape index (κ3) is 19.9. The molecule has 18 nitrogen and oxygen atoms in total. The molecular weight excluding hydrogens is 1140 g/mol. The predicted octanol–water partition coefficient (Wildman–Crippen LogP) is 13.1. The van der Waals surface area contributed by atoms with Crippen LogP contribution in [0.4, 0.5) is 45.6 Å². The Morgan fingerprint density at radius 2 is 1.00 bits per heavy atom. The van der Waals surface area contributed by atoms with Gasteiger partial charge in [0, 0.05) is 60.5 Å². The third-order valence-corrected chi connectivity index (χ3v) is 15.1. The van der Waals surface area contributed by atoms with Gasteiger partial charge in [0.1, 0.15) is 46.8 Å². The average molecular weight is 1240 g/mol. The Balaban J connectivity index is 0.000000224. The lowest BCUT2D eigenvalue weighted by Gasteiger charge is -2.34. The van der Waals surface area contributed by atoms with Gasteiger partial charge in [0.05, 0.1) is 11.6 Å². The average Bonchev–Trinajstić information content (AvgIpc) is 2.06. The van der Waals surface area contributed by atoms with Gasteiger partial charge in [-0.3, -0.25) is 24.2 Å². The molecule has 4 aromatic rings. The molecule has 8 rings (SSSR count). The number of carboxylic acids is 1. The van der Waals surface area contributed by atoms with Crippen LogP contribution in [-0.4, -0.2) is 135 Å². The van der Waals surface area contributed by atoms with Gasteiger partial charge in [-0.15, -0.1) is 0 Å². The molecular formula is C68H94F3N9O9. The van der Waals surface area contributed by atoms with Crippen LogP contribution in [0.3, 0.4) is 0 Å². The topological polar surface area (TPSA) is 209 Å². The predicted molar refractivity (Wildman–Crippen MR) is 341 cm³/mol. The zero-order chi connectivity index (χ0) is 66.5. The van der Waals surface area contributed by atoms with Crippen LogP contribution in [0, 0.1) is 39.0 Å². The standard InChI is InChI=1S/C23H25F3N4O.C20H30N2O3.C15H22N2O.C10H17NO4/c1-14(2)30(17-8-5-7-15(3)11-17)22(31)20-9-6-10-29(20)21-18(13-27)19(23(24,25)26)12-16(4)28-21;1-14(2)22(16-10-7-9-15(3)13-16)18(23)17-11-8-12-21(17)19(24)25-20(4,5)6;1-11(2)17(13-7-4-6-12(3)10-13)15(18)14-8-5-9-16-14;1-10(2,3)15-9(14)11-6-4-5-7(11)8(12)13/h5,7-8,11-12,14,20H,6,9-10H2,1-4H3;7,9-10,13-14,17H,8,11-12H2,1-6H3;4,6-7,10-11,14,16H,5,8-9H2,1-3H3;7H,4-6H2,1-3H3,(H,12,13)/t20-;17-;14-;7-/m0000/s1. The molecule has 5 heterocycles. The highest BCUT2D eigenvalue weighted by molar-refractivity contribution is 6.01. The summed E-state index contributed by atoms with van der Waals surface area (Å²) < 4.78 is 51.3. The van der Waals surface area contributed by atoms with E-state index >= 15 is 0 Å². The highest BCUT2D eigenvalue weighted by Gasteiger charge is 2.43. The molecule has 3 aromatic carbocycles. The first-order valence-corrected chi connectivity index (χ1v) is 30.9. The number of nitrogens with zero attached hydrogens (tertiary/aromatic N) is 8. The Hall–Kier alpha value is -7.73. The van der Waals surface area contributed by atoms with Crippen molar-refractivity contribution in [1.29, 1.82) is 5.26 Å². The number of aromatic nitrogens is 1. The second kappa shape index (κ2) is 31.1. The van der Waals surface area contributed by atoms with Crippen molar-refractivity contribution in [2.45, 2.75) is 222 Å². The molecule has 486 valence electrons. The number of aliphatic carboxylic acids is 1. The largest absolute Gasteiger partial charge is 0.480 e. The van der Waals surface area contributed by atoms with E-state index in [1.807, 2.05) is 128 Å². The molecule has 0 bridgehead atoms. The number of carboxylic acid groups (broad SMARTS) is 1. The number of anilines is 4. The number of nitriles is 1. The molecule has 4 saturated heterocycles. The minimum atomic E-state index is -4.68. The van der Waals surface area contributed by atoms with Crippen LogP contribution in [0.25, 0.3) is 0 Å². The zero-order valence-corrected chi connectivity index (χ0v) is 55.0. The number of alkyl halides is 3. The first-order chi connectivity index (χ1) is 41.5. The molecule has 0 saturated carbocycles. The van der Waals surface area contributed by atoms with Gasteiger partial charge in [-0.1, -0.05) is 36.4 Å². The number of amides is 5. The summed E-state index contributed by atoms with van der Waals surface area (Å²) >= 11 is 0. The molecule has 1 aromatic heterocycles. The van der Waals surface area contributed by atoms with Crippen molar-refractivity contribution in [1.82, 2.24) is 20.1 Å². The molecule has 0 aliphatic carbocycles. The normalized spacial score (nSPS) is 18.2. The molecule has 4 fully saturated rings. The first-order valence-electron chi connectivity index (χ1n) is 30.9. The van der Waals surface area contributed by atoms with E-state index in [4.69, 9.17) is 14.6 Å². The second-order valence-corrected chi connectivity index (χ2v) is 26.0. The maximum Gasteiger partial charge on any atom is 0.417 e. The van der Waals surface area contributed by atoms with E-state index < -0.39 is 64.8 Å². The van der Waals surface area contributed by atoms with Crippen molar-refractivity contribution in [2.75, 3.05) is 45.8 Å². The molecule has 2 N–H and O–H groups in total. The molecule has 21 heteroatoms. The summed E-state index contributed by atoms with van der Waals surface area (Å²) in [6.07, 6.45) is 0.243. The summed E-state index contributed by atoms with van der Waals surface area (Å²) in [7, 11) is 0. The van der Waals surface area contributed by atoms with E-state index in [0.717, 1.165) is 66.5 Å². The number of hydrogen-bond acceptors (Lipinski definition) is 12. The molecule has 4 atom stereocenters. The van der Waals surface area contributed by atoms with Crippen LogP contribution in [0.2, 0.25) is 0 Å². The molecule has 0 radical (unpaired) electrons. The maximum absolute atomic E-state index is 13.6. The molecule has 5 amide bonds. The smallest absolute Gasteiger partial charge is 0.417 e. The number of benzene rings is 3. The van der Waals surface area contributed by atoms with Crippen LogP contribution in [-0.2, 0) is 34.8 Å². The van der Waals surface area contributed by atoms with Gasteiger partial charge in [0.2, 0.25) is 17.7 Å². The minimum absolute atomic E-state index is 0.00656. The van der Waals surface area contributed by atoms with E-state index in [0.29, 0.717) is 45.3 Å². The summed E-state index contributed by atoms with van der Waals surface area (Å²) in [6, 6.07) is 24.3. The summed E-state index contributed by atoms with van der Waals surface area (Å²) in [6.45, 7) is 32.5. The Morgan fingerprint density at radius 3 is 1.38 bits per heavy atom. The summed E-state index contributed by atoms with van der Waals surface area (Å²) in [5.74, 6) is -1.08. The molecule has 89 heavy (non-hydrogen) atoms. The number of nitrogens with one attached hydrogen (secondary N) is 1. The summed E-state index contributed by atoms with van der Waals surface area (Å²) in [5.41, 5.74) is 3.35. The number of likely N-dealkylation sites (tertiary alicyclic amines) is 2. The Labute approximate surface area is 524 Å². The van der Waals surface area contributed by atoms with E-state index in [1.165, 1.54) is 17.4 Å². The van der Waals surface area contributed by atoms with Gasteiger partial charge in [0.15, 0.2) is 0 Å². The summed E-state index contributed by atoms with van der Waals surface area (Å²) in [5, 5.41) is 21.7. The van der Waals surface area contributed by atoms with Crippen molar-refractivity contribution in [3.63, 3.8) is 0 Å². The van der Waals surface area contributed by atoms with E-state index in [2.05, 4.69) is 43.2 Å². The zero-order valence-electron chi connectivity index (χ0n) is 55.0. The fourth-order valence-electron chi connectivity index (χ4n) is 11.4. The minimum Gasteiger partial charge on any atom is -0.480 e. The van der Waals surface area contributed by atoms with Crippen LogP contribution >= 0.6 is 0 Å². The van der Waals surface area contributed by atoms with Gasteiger partial charge in [0.25, 0.3) is 0 Å². The van der Waals surface area contributed by atoms with Crippen molar-refractivity contribution in [2.24, 2.45) is 0 Å². The molecule has 4 aliphatic rings. The number of aryl methyl sites for hydroxylation is 4. The lowest BCUT2D eigenvalue weighted by atomic mass is 10.1. The summed E-state index contributed by atoms with van der Waals surface area (Å²) in [4.78, 5) is 88.4. The number of carbonyl (C=O) groups excluding carboxylic acids is 5. The molecule has 4 aliphatic heterocycles. The van der Waals surface area contributed by atoms with Crippen LogP contribution in [0.15, 0.2) is 78.9 Å². The van der Waals surface area contributed by atoms with Gasteiger partial charge in [-0.05, 0) is 228 Å². The van der Waals surface area contributed by atoms with Crippen LogP contribution in [0.5, 0.6) is 0 Å². The lowest BCUT2D eigenvalue weighted by molar-refractivity contribution is -0.142. The Kier molecular flexibility index (Phi) is 25.2. The fourth-order valence-corrected chi connectivity index (χ4v) is 11.4. The van der Waals surface area contributed by atoms with Crippen molar-refractivity contribution >= 4 is 58.8 Å². The molecule has 0 unspecified atom stereocenters. The van der Waals surface area contributed by atoms with Gasteiger partial charge in [-0.2, -0.15) is 18.4 Å². The highest BCUT2D eigenvalue weighted by atomic mass is 19.4. The number of hydrogen-bond donors (Lipinski definition) is 2. The number of ether oxygens (including phenoxy) is 2. The van der Waals surface area contributed by atoms with Crippen LogP contribution in [0.1, 0.15) is 168 Å². The fraction of sp³-hybridized carbons (Fsp3) is 0.559. The van der Waals surface area contributed by atoms with E-state index in [1.54, 1.807) is 46.4 Å². The van der Waals surface area contributed by atoms with Crippen molar-refractivity contribution < 1.29 is 56.5 Å². The number of carbonyl (C=O) groups is 6. The van der Waals surface area contributed by atoms with Crippen LogP contribution < -0.4 is 24.9 Å². The monoisotopic (exact) mass is 1240 g/mol. The Morgan fingerprint density at radius 1 is 0.596 bits per heavy atom. The third-order valence-electron chi connectivity index (χ3n) is 15.1. The van der Waals surface area contributed by atoms with Crippen molar-refractivity contribution in [3.05, 3.63) is 112 Å². The number of rotatable bonds is 11. The maximum atomic E-state index is 13.6.